The lowest BCUT2D eigenvalue weighted by atomic mass is 10.2. The van der Waals surface area contributed by atoms with E-state index in [1.165, 1.54) is 0 Å². The van der Waals surface area contributed by atoms with Crippen LogP contribution in [0, 0.1) is 8.98 Å². The quantitative estimate of drug-likeness (QED) is 0.328. The van der Waals surface area contributed by atoms with Gasteiger partial charge in [0.25, 0.3) is 5.97 Å². The van der Waals surface area contributed by atoms with Gasteiger partial charge in [-0.25, -0.2) is 4.98 Å². The summed E-state index contributed by atoms with van der Waals surface area (Å²) in [4.78, 5) is 13.2. The molecule has 1 aromatic carbocycles. The summed E-state index contributed by atoms with van der Waals surface area (Å²) in [6, 6.07) is 11.3. The van der Waals surface area contributed by atoms with Crippen LogP contribution in [-0.4, -0.2) is 22.0 Å². The number of carboxylic acids is 1. The number of anilines is 1. The average molecular weight is 447 g/mol. The summed E-state index contributed by atoms with van der Waals surface area (Å²) >= 11 is 8.23. The van der Waals surface area contributed by atoms with Gasteiger partial charge in [-0.15, -0.1) is 0 Å². The molecule has 0 fully saturated rings. The van der Waals surface area contributed by atoms with Gasteiger partial charge >= 0.3 is 0 Å². The molecule has 0 spiro atoms. The van der Waals surface area contributed by atoms with Crippen LogP contribution >= 0.6 is 34.2 Å². The summed E-state index contributed by atoms with van der Waals surface area (Å²) in [7, 11) is 0. The fourth-order valence-corrected chi connectivity index (χ4v) is 1.97. The van der Waals surface area contributed by atoms with Crippen LogP contribution in [0.15, 0.2) is 42.6 Å². The van der Waals surface area contributed by atoms with Gasteiger partial charge in [-0.2, -0.15) is 0 Å². The minimum absolute atomic E-state index is 0.189. The predicted molar refractivity (Wildman–Crippen MR) is 99.9 cm³/mol. The van der Waals surface area contributed by atoms with Gasteiger partial charge < -0.3 is 15.7 Å². The van der Waals surface area contributed by atoms with Crippen LogP contribution in [0.5, 0.6) is 0 Å². The second-order valence-corrected chi connectivity index (χ2v) is 5.98. The first-order valence-corrected chi connectivity index (χ1v) is 7.98. The number of pyridine rings is 1. The number of aromatic nitrogens is 1. The molecule has 122 valence electrons. The van der Waals surface area contributed by atoms with Crippen molar-refractivity contribution in [2.24, 2.45) is 0 Å². The van der Waals surface area contributed by atoms with Crippen molar-refractivity contribution in [3.63, 3.8) is 0 Å². The third-order valence-electron chi connectivity index (χ3n) is 2.39. The van der Waals surface area contributed by atoms with E-state index < -0.39 is 5.97 Å². The van der Waals surface area contributed by atoms with E-state index in [0.717, 1.165) is 16.1 Å². The zero-order valence-corrected chi connectivity index (χ0v) is 15.2. The zero-order chi connectivity index (χ0) is 17.2. The van der Waals surface area contributed by atoms with E-state index in [4.69, 9.17) is 26.9 Å². The highest BCUT2D eigenvalue weighted by Gasteiger charge is 2.01. The molecular weight excluding hydrogens is 431 g/mol. The highest BCUT2D eigenvalue weighted by atomic mass is 127. The Balaban J connectivity index is 0.000000593. The highest BCUT2D eigenvalue weighted by Crippen LogP contribution is 2.14. The SMILES string of the molecule is CC(=O)O.N=C(NCc1ccccc1Cl)Nc1ccc(I)cn1. The summed E-state index contributed by atoms with van der Waals surface area (Å²) in [6.45, 7) is 1.58. The van der Waals surface area contributed by atoms with Gasteiger partial charge in [-0.05, 0) is 46.4 Å². The normalized spacial score (nSPS) is 9.35. The number of hydrogen-bond acceptors (Lipinski definition) is 3. The Morgan fingerprint density at radius 2 is 2.00 bits per heavy atom. The van der Waals surface area contributed by atoms with Crippen LogP contribution in [0.25, 0.3) is 0 Å². The van der Waals surface area contributed by atoms with Gasteiger partial charge in [0.15, 0.2) is 5.96 Å². The number of carboxylic acid groups (broad SMARTS) is 1. The van der Waals surface area contributed by atoms with Crippen LogP contribution in [0.3, 0.4) is 0 Å². The molecule has 2 aromatic rings. The Bertz CT molecular complexity index is 661. The summed E-state index contributed by atoms with van der Waals surface area (Å²) in [5.74, 6) is -0.00861. The van der Waals surface area contributed by atoms with Crippen molar-refractivity contribution in [3.8, 4) is 0 Å². The Kier molecular flexibility index (Phi) is 8.35. The van der Waals surface area contributed by atoms with E-state index in [9.17, 15) is 0 Å². The van der Waals surface area contributed by atoms with Crippen molar-refractivity contribution >= 4 is 51.9 Å². The predicted octanol–water partition coefficient (Wildman–Crippen LogP) is 3.57. The van der Waals surface area contributed by atoms with Crippen LogP contribution < -0.4 is 10.6 Å². The van der Waals surface area contributed by atoms with E-state index in [-0.39, 0.29) is 5.96 Å². The highest BCUT2D eigenvalue weighted by molar-refractivity contribution is 14.1. The Morgan fingerprint density at radius 1 is 1.35 bits per heavy atom. The van der Waals surface area contributed by atoms with E-state index in [2.05, 4.69) is 38.2 Å². The standard InChI is InChI=1S/C13H12ClIN4.C2H4O2/c14-11-4-2-1-3-9(11)7-18-13(16)19-12-6-5-10(15)8-17-12;1-2(3)4/h1-6,8H,7H2,(H3,16,17,18,19);1H3,(H,3,4). The van der Waals surface area contributed by atoms with Crippen LogP contribution in [0.2, 0.25) is 5.02 Å². The maximum Gasteiger partial charge on any atom is 0.300 e. The maximum atomic E-state index is 9.00. The first kappa shape index (κ1) is 19.2. The van der Waals surface area contributed by atoms with Crippen molar-refractivity contribution in [2.45, 2.75) is 13.5 Å². The van der Waals surface area contributed by atoms with Crippen molar-refractivity contribution in [1.29, 1.82) is 5.41 Å². The molecule has 0 bridgehead atoms. The second kappa shape index (κ2) is 10.0. The largest absolute Gasteiger partial charge is 0.481 e. The number of rotatable bonds is 3. The number of aliphatic carboxylic acids is 1. The number of halogens is 2. The molecule has 0 saturated carbocycles. The minimum atomic E-state index is -0.833. The monoisotopic (exact) mass is 446 g/mol. The number of guanidine groups is 1. The molecule has 1 heterocycles. The maximum absolute atomic E-state index is 9.00. The topological polar surface area (TPSA) is 98.1 Å². The van der Waals surface area contributed by atoms with E-state index in [1.54, 1.807) is 6.20 Å². The molecule has 0 aliphatic rings. The molecule has 0 amide bonds. The number of benzene rings is 1. The number of carbonyl (C=O) groups is 1. The number of hydrogen-bond donors (Lipinski definition) is 4. The molecule has 0 unspecified atom stereocenters. The van der Waals surface area contributed by atoms with Gasteiger partial charge in [0.1, 0.15) is 5.82 Å². The first-order valence-electron chi connectivity index (χ1n) is 6.52. The van der Waals surface area contributed by atoms with Crippen LogP contribution in [0.1, 0.15) is 12.5 Å². The van der Waals surface area contributed by atoms with E-state index in [1.807, 2.05) is 36.4 Å². The van der Waals surface area contributed by atoms with E-state index in [0.29, 0.717) is 17.4 Å². The van der Waals surface area contributed by atoms with Crippen molar-refractivity contribution in [2.75, 3.05) is 5.32 Å². The molecule has 0 atom stereocenters. The average Bonchev–Trinajstić information content (AvgIpc) is 2.48. The molecule has 1 aromatic heterocycles. The van der Waals surface area contributed by atoms with Gasteiger partial charge in [0.05, 0.1) is 0 Å². The zero-order valence-electron chi connectivity index (χ0n) is 12.3. The van der Waals surface area contributed by atoms with Crippen molar-refractivity contribution in [1.82, 2.24) is 10.3 Å². The molecule has 0 aliphatic heterocycles. The molecule has 0 saturated heterocycles. The number of nitrogens with one attached hydrogen (secondary N) is 3. The van der Waals surface area contributed by atoms with E-state index >= 15 is 0 Å². The molecule has 4 N–H and O–H groups in total. The minimum Gasteiger partial charge on any atom is -0.481 e. The van der Waals surface area contributed by atoms with Gasteiger partial charge in [0, 0.05) is 28.3 Å². The molecule has 2 rings (SSSR count). The summed E-state index contributed by atoms with van der Waals surface area (Å²) in [6.07, 6.45) is 1.74. The third-order valence-corrected chi connectivity index (χ3v) is 3.40. The molecular formula is C15H16ClIN4O2. The summed E-state index contributed by atoms with van der Waals surface area (Å²) in [5, 5.41) is 21.7. The smallest absolute Gasteiger partial charge is 0.300 e. The first-order chi connectivity index (χ1) is 10.9. The lowest BCUT2D eigenvalue weighted by molar-refractivity contribution is -0.134. The third kappa shape index (κ3) is 8.36. The molecule has 0 aliphatic carbocycles. The van der Waals surface area contributed by atoms with Gasteiger partial charge in [0.2, 0.25) is 0 Å². The van der Waals surface area contributed by atoms with Crippen LogP contribution in [0.4, 0.5) is 5.82 Å². The second-order valence-electron chi connectivity index (χ2n) is 4.33. The molecule has 23 heavy (non-hydrogen) atoms. The number of nitrogens with zero attached hydrogens (tertiary/aromatic N) is 1. The fourth-order valence-electron chi connectivity index (χ4n) is 1.45. The van der Waals surface area contributed by atoms with Crippen molar-refractivity contribution in [3.05, 3.63) is 56.8 Å². The van der Waals surface area contributed by atoms with Crippen LogP contribution in [-0.2, 0) is 11.3 Å². The Hall–Kier alpha value is -1.87. The summed E-state index contributed by atoms with van der Waals surface area (Å²) < 4.78 is 1.05. The van der Waals surface area contributed by atoms with Gasteiger partial charge in [-0.1, -0.05) is 29.8 Å². The lowest BCUT2D eigenvalue weighted by Crippen LogP contribution is -2.29. The van der Waals surface area contributed by atoms with Gasteiger partial charge in [-0.3, -0.25) is 10.2 Å². The Morgan fingerprint density at radius 3 is 2.57 bits per heavy atom. The lowest BCUT2D eigenvalue weighted by Gasteiger charge is -2.10. The Labute approximate surface area is 152 Å². The molecule has 8 heteroatoms. The molecule has 6 nitrogen and oxygen atoms in total. The fraction of sp³-hybridized carbons (Fsp3) is 0.133. The summed E-state index contributed by atoms with van der Waals surface area (Å²) in [5.41, 5.74) is 0.950. The molecule has 0 radical (unpaired) electrons. The van der Waals surface area contributed by atoms with Crippen molar-refractivity contribution < 1.29 is 9.90 Å².